The normalized spacial score (nSPS) is 22.9. The van der Waals surface area contributed by atoms with E-state index in [1.165, 1.54) is 25.0 Å². The van der Waals surface area contributed by atoms with E-state index in [9.17, 15) is 4.79 Å². The average Bonchev–Trinajstić information content (AvgIpc) is 3.42. The van der Waals surface area contributed by atoms with Crippen LogP contribution in [0.15, 0.2) is 18.3 Å². The molecule has 1 amide bonds. The Hall–Kier alpha value is -1.88. The lowest BCUT2D eigenvalue weighted by Gasteiger charge is -2.29. The highest BCUT2D eigenvalue weighted by atomic mass is 16.5. The van der Waals surface area contributed by atoms with Gasteiger partial charge in [-0.2, -0.15) is 0 Å². The van der Waals surface area contributed by atoms with Gasteiger partial charge in [0.1, 0.15) is 5.65 Å². The van der Waals surface area contributed by atoms with Crippen molar-refractivity contribution < 1.29 is 9.53 Å². The minimum absolute atomic E-state index is 0.00713. The van der Waals surface area contributed by atoms with Crippen LogP contribution in [0.5, 0.6) is 0 Å². The van der Waals surface area contributed by atoms with Gasteiger partial charge < -0.3 is 14.5 Å². The van der Waals surface area contributed by atoms with Crippen molar-refractivity contribution in [1.82, 2.24) is 14.7 Å². The molecule has 0 spiro atoms. The van der Waals surface area contributed by atoms with Gasteiger partial charge in [0.15, 0.2) is 0 Å². The number of hydrogen-bond acceptors (Lipinski definition) is 3. The van der Waals surface area contributed by atoms with E-state index in [4.69, 9.17) is 4.74 Å². The summed E-state index contributed by atoms with van der Waals surface area (Å²) in [5.74, 6) is 0.633. The number of carbonyl (C=O) groups is 1. The van der Waals surface area contributed by atoms with Crippen LogP contribution in [-0.4, -0.2) is 34.0 Å². The molecule has 2 aromatic rings. The molecule has 0 unspecified atom stereocenters. The fourth-order valence-electron chi connectivity index (χ4n) is 4.13. The third-order valence-corrected chi connectivity index (χ3v) is 5.88. The third-order valence-electron chi connectivity index (χ3n) is 5.88. The molecular weight excluding hydrogens is 338 g/mol. The second kappa shape index (κ2) is 8.01. The fraction of sp³-hybridized carbons (Fsp3) is 0.636. The van der Waals surface area contributed by atoms with E-state index < -0.39 is 0 Å². The largest absolute Gasteiger partial charge is 0.378 e. The molecule has 0 aromatic carbocycles. The summed E-state index contributed by atoms with van der Waals surface area (Å²) in [7, 11) is 0. The molecule has 0 saturated heterocycles. The van der Waals surface area contributed by atoms with Gasteiger partial charge in [-0.3, -0.25) is 4.79 Å². The minimum Gasteiger partial charge on any atom is -0.378 e. The standard InChI is InChI=1S/C22H31N3O2/c1-3-4-13-27-18-9-7-17(8-10-18)24-22(26)19-11-12-25-20(16-5-6-16)14-15(2)23-21(19)25/h11-12,14,16-18H,3-10,13H2,1-2H3,(H,24,26). The topological polar surface area (TPSA) is 55.6 Å². The third kappa shape index (κ3) is 4.18. The number of aryl methyl sites for hydroxylation is 1. The van der Waals surface area contributed by atoms with Crippen molar-refractivity contribution in [2.24, 2.45) is 0 Å². The second-order valence-corrected chi connectivity index (χ2v) is 8.19. The first kappa shape index (κ1) is 18.5. The highest BCUT2D eigenvalue weighted by molar-refractivity contribution is 6.00. The second-order valence-electron chi connectivity index (χ2n) is 8.19. The summed E-state index contributed by atoms with van der Waals surface area (Å²) in [4.78, 5) is 17.5. The van der Waals surface area contributed by atoms with Gasteiger partial charge in [0.25, 0.3) is 5.91 Å². The number of fused-ring (bicyclic) bond motifs is 1. The van der Waals surface area contributed by atoms with Crippen LogP contribution in [0.4, 0.5) is 0 Å². The highest BCUT2D eigenvalue weighted by Crippen LogP contribution is 2.40. The van der Waals surface area contributed by atoms with Crippen LogP contribution < -0.4 is 5.32 Å². The average molecular weight is 370 g/mol. The number of unbranched alkanes of at least 4 members (excludes halogenated alkanes) is 1. The van der Waals surface area contributed by atoms with E-state index in [-0.39, 0.29) is 11.9 Å². The maximum absolute atomic E-state index is 12.9. The number of hydrogen-bond donors (Lipinski definition) is 1. The van der Waals surface area contributed by atoms with E-state index in [1.807, 2.05) is 19.2 Å². The monoisotopic (exact) mass is 369 g/mol. The Morgan fingerprint density at radius 3 is 2.74 bits per heavy atom. The molecular formula is C22H31N3O2. The number of ether oxygens (including phenoxy) is 1. The summed E-state index contributed by atoms with van der Waals surface area (Å²) in [5.41, 5.74) is 3.77. The number of amides is 1. The number of nitrogens with zero attached hydrogens (tertiary/aromatic N) is 2. The van der Waals surface area contributed by atoms with Crippen molar-refractivity contribution in [2.75, 3.05) is 6.61 Å². The van der Waals surface area contributed by atoms with Gasteiger partial charge in [-0.15, -0.1) is 0 Å². The van der Waals surface area contributed by atoms with Crippen LogP contribution >= 0.6 is 0 Å². The molecule has 2 aliphatic carbocycles. The van der Waals surface area contributed by atoms with Gasteiger partial charge in [0.2, 0.25) is 0 Å². The number of aromatic nitrogens is 2. The van der Waals surface area contributed by atoms with Crippen molar-refractivity contribution in [3.63, 3.8) is 0 Å². The minimum atomic E-state index is 0.00713. The van der Waals surface area contributed by atoms with Gasteiger partial charge in [-0.1, -0.05) is 13.3 Å². The fourth-order valence-corrected chi connectivity index (χ4v) is 4.13. The summed E-state index contributed by atoms with van der Waals surface area (Å²) in [5, 5.41) is 3.24. The molecule has 146 valence electrons. The highest BCUT2D eigenvalue weighted by Gasteiger charge is 2.28. The van der Waals surface area contributed by atoms with Crippen LogP contribution in [0.3, 0.4) is 0 Å². The number of rotatable bonds is 7. The smallest absolute Gasteiger partial charge is 0.255 e. The molecule has 2 saturated carbocycles. The summed E-state index contributed by atoms with van der Waals surface area (Å²) in [6, 6.07) is 4.32. The first-order valence-corrected chi connectivity index (χ1v) is 10.6. The first-order chi connectivity index (χ1) is 13.2. The van der Waals surface area contributed by atoms with Gasteiger partial charge in [0, 0.05) is 30.2 Å². The van der Waals surface area contributed by atoms with Crippen molar-refractivity contribution in [3.05, 3.63) is 35.3 Å². The van der Waals surface area contributed by atoms with E-state index in [1.54, 1.807) is 0 Å². The van der Waals surface area contributed by atoms with Gasteiger partial charge in [-0.05, 0) is 69.9 Å². The van der Waals surface area contributed by atoms with Crippen LogP contribution in [0, 0.1) is 6.92 Å². The molecule has 0 bridgehead atoms. The SMILES string of the molecule is CCCCOC1CCC(NC(=O)c2ccn3c(C4CC4)cc(C)nc23)CC1. The Bertz CT molecular complexity index is 801. The molecule has 2 aliphatic rings. The Morgan fingerprint density at radius 2 is 2.04 bits per heavy atom. The zero-order valence-electron chi connectivity index (χ0n) is 16.5. The first-order valence-electron chi connectivity index (χ1n) is 10.6. The summed E-state index contributed by atoms with van der Waals surface area (Å²) >= 11 is 0. The van der Waals surface area contributed by atoms with E-state index in [0.29, 0.717) is 17.6 Å². The maximum atomic E-state index is 12.9. The molecule has 4 rings (SSSR count). The Balaban J connectivity index is 1.39. The van der Waals surface area contributed by atoms with E-state index in [0.717, 1.165) is 50.1 Å². The molecule has 2 fully saturated rings. The number of carbonyl (C=O) groups excluding carboxylic acids is 1. The van der Waals surface area contributed by atoms with Crippen molar-refractivity contribution in [3.8, 4) is 0 Å². The molecule has 5 nitrogen and oxygen atoms in total. The molecule has 0 radical (unpaired) electrons. The predicted octanol–water partition coefficient (Wildman–Crippen LogP) is 4.38. The van der Waals surface area contributed by atoms with E-state index in [2.05, 4.69) is 27.7 Å². The number of nitrogens with one attached hydrogen (secondary N) is 1. The lowest BCUT2D eigenvalue weighted by Crippen LogP contribution is -2.39. The zero-order chi connectivity index (χ0) is 18.8. The van der Waals surface area contributed by atoms with Crippen LogP contribution in [0.1, 0.15) is 86.0 Å². The lowest BCUT2D eigenvalue weighted by molar-refractivity contribution is 0.0209. The van der Waals surface area contributed by atoms with Crippen LogP contribution in [0.25, 0.3) is 5.65 Å². The maximum Gasteiger partial charge on any atom is 0.255 e. The molecule has 0 atom stereocenters. The van der Waals surface area contributed by atoms with Gasteiger partial charge in [0.05, 0.1) is 11.7 Å². The summed E-state index contributed by atoms with van der Waals surface area (Å²) in [6.07, 6.45) is 11.2. The zero-order valence-corrected chi connectivity index (χ0v) is 16.5. The Labute approximate surface area is 161 Å². The van der Waals surface area contributed by atoms with Gasteiger partial charge >= 0.3 is 0 Å². The quantitative estimate of drug-likeness (QED) is 0.737. The molecule has 27 heavy (non-hydrogen) atoms. The summed E-state index contributed by atoms with van der Waals surface area (Å²) in [6.45, 7) is 5.06. The predicted molar refractivity (Wildman–Crippen MR) is 106 cm³/mol. The molecule has 1 N–H and O–H groups in total. The molecule has 2 heterocycles. The Kier molecular flexibility index (Phi) is 5.48. The molecule has 2 aromatic heterocycles. The van der Waals surface area contributed by atoms with Crippen LogP contribution in [-0.2, 0) is 4.74 Å². The lowest BCUT2D eigenvalue weighted by atomic mass is 9.92. The molecule has 5 heteroatoms. The van der Waals surface area contributed by atoms with Crippen molar-refractivity contribution >= 4 is 11.6 Å². The van der Waals surface area contributed by atoms with Crippen molar-refractivity contribution in [1.29, 1.82) is 0 Å². The molecule has 0 aliphatic heterocycles. The van der Waals surface area contributed by atoms with Crippen molar-refractivity contribution in [2.45, 2.75) is 83.3 Å². The van der Waals surface area contributed by atoms with E-state index >= 15 is 0 Å². The summed E-state index contributed by atoms with van der Waals surface area (Å²) < 4.78 is 8.04. The van der Waals surface area contributed by atoms with Gasteiger partial charge in [-0.25, -0.2) is 4.98 Å². The van der Waals surface area contributed by atoms with Crippen LogP contribution in [0.2, 0.25) is 0 Å². The Morgan fingerprint density at radius 1 is 1.26 bits per heavy atom.